The molecule has 1 atom stereocenters. The second-order valence-corrected chi connectivity index (χ2v) is 3.94. The monoisotopic (exact) mass is 212 g/mol. The molecule has 5 nitrogen and oxygen atoms in total. The molecule has 0 amide bonds. The van der Waals surface area contributed by atoms with Gasteiger partial charge in [-0.05, 0) is 34.0 Å². The van der Waals surface area contributed by atoms with Gasteiger partial charge in [0.1, 0.15) is 12.2 Å². The first kappa shape index (κ1) is 12.1. The Labute approximate surface area is 90.7 Å². The van der Waals surface area contributed by atoms with Gasteiger partial charge in [0, 0.05) is 13.0 Å². The van der Waals surface area contributed by atoms with Crippen molar-refractivity contribution in [3.63, 3.8) is 0 Å². The number of hydrogen-bond donors (Lipinski definition) is 1. The summed E-state index contributed by atoms with van der Waals surface area (Å²) in [5, 5.41) is 13.8. The second-order valence-electron chi connectivity index (χ2n) is 3.94. The maximum Gasteiger partial charge on any atom is 0.138 e. The van der Waals surface area contributed by atoms with E-state index in [4.69, 9.17) is 0 Å². The quantitative estimate of drug-likeness (QED) is 0.729. The first-order chi connectivity index (χ1) is 7.13. The predicted octanol–water partition coefficient (Wildman–Crippen LogP) is 0.153. The van der Waals surface area contributed by atoms with Gasteiger partial charge in [0.15, 0.2) is 0 Å². The van der Waals surface area contributed by atoms with Gasteiger partial charge in [0.2, 0.25) is 0 Å². The average Bonchev–Trinajstić information content (AvgIpc) is 2.62. The van der Waals surface area contributed by atoms with Crippen LogP contribution < -0.4 is 0 Å². The summed E-state index contributed by atoms with van der Waals surface area (Å²) < 4.78 is 1.82. The molecule has 1 aromatic heterocycles. The predicted molar refractivity (Wildman–Crippen MR) is 58.6 cm³/mol. The molecule has 1 N–H and O–H groups in total. The molecular formula is C10H20N4O. The van der Waals surface area contributed by atoms with Crippen LogP contribution in [0.4, 0.5) is 0 Å². The molecule has 5 heteroatoms. The van der Waals surface area contributed by atoms with E-state index in [1.807, 2.05) is 25.7 Å². The zero-order valence-corrected chi connectivity index (χ0v) is 9.72. The summed E-state index contributed by atoms with van der Waals surface area (Å²) in [7, 11) is 4.00. The van der Waals surface area contributed by atoms with Gasteiger partial charge in [0.05, 0.1) is 6.10 Å². The van der Waals surface area contributed by atoms with Gasteiger partial charge < -0.3 is 10.0 Å². The molecule has 0 aromatic carbocycles. The van der Waals surface area contributed by atoms with Crippen LogP contribution in [-0.4, -0.2) is 51.5 Å². The molecule has 0 saturated heterocycles. The third-order valence-electron chi connectivity index (χ3n) is 2.32. The van der Waals surface area contributed by atoms with Crippen LogP contribution in [0, 0.1) is 0 Å². The minimum atomic E-state index is -0.332. The molecule has 0 radical (unpaired) electrons. The smallest absolute Gasteiger partial charge is 0.138 e. The highest BCUT2D eigenvalue weighted by Gasteiger charge is 2.10. The first-order valence-electron chi connectivity index (χ1n) is 5.33. The van der Waals surface area contributed by atoms with Crippen LogP contribution in [0.3, 0.4) is 0 Å². The Morgan fingerprint density at radius 2 is 2.27 bits per heavy atom. The minimum absolute atomic E-state index is 0.332. The highest BCUT2D eigenvalue weighted by atomic mass is 16.3. The molecule has 1 rings (SSSR count). The summed E-state index contributed by atoms with van der Waals surface area (Å²) in [5.74, 6) is 0.865. The highest BCUT2D eigenvalue weighted by Crippen LogP contribution is 2.03. The number of aryl methyl sites for hydroxylation is 1. The molecule has 1 aromatic rings. The van der Waals surface area contributed by atoms with Gasteiger partial charge >= 0.3 is 0 Å². The standard InChI is InChI=1S/C10H20N4O/c1-4-14-10(11-8-12-14)7-9(15)5-6-13(2)3/h8-9,15H,4-7H2,1-3H3. The van der Waals surface area contributed by atoms with E-state index in [9.17, 15) is 5.11 Å². The molecule has 0 spiro atoms. The molecule has 1 unspecified atom stereocenters. The lowest BCUT2D eigenvalue weighted by molar-refractivity contribution is 0.148. The molecule has 0 saturated carbocycles. The van der Waals surface area contributed by atoms with Gasteiger partial charge in [-0.2, -0.15) is 5.10 Å². The van der Waals surface area contributed by atoms with Crippen molar-refractivity contribution in [3.05, 3.63) is 12.2 Å². The van der Waals surface area contributed by atoms with Crippen LogP contribution in [0.15, 0.2) is 6.33 Å². The topological polar surface area (TPSA) is 54.2 Å². The van der Waals surface area contributed by atoms with Crippen molar-refractivity contribution in [3.8, 4) is 0 Å². The maximum atomic E-state index is 9.78. The number of aromatic nitrogens is 3. The zero-order chi connectivity index (χ0) is 11.3. The summed E-state index contributed by atoms with van der Waals surface area (Å²) in [5.41, 5.74) is 0. The zero-order valence-electron chi connectivity index (χ0n) is 9.72. The fourth-order valence-corrected chi connectivity index (χ4v) is 1.43. The third kappa shape index (κ3) is 3.97. The summed E-state index contributed by atoms with van der Waals surface area (Å²) >= 11 is 0. The molecule has 86 valence electrons. The lowest BCUT2D eigenvalue weighted by Crippen LogP contribution is -2.22. The van der Waals surface area contributed by atoms with Gasteiger partial charge in [-0.15, -0.1) is 0 Å². The number of hydrogen-bond acceptors (Lipinski definition) is 4. The van der Waals surface area contributed by atoms with Gasteiger partial charge in [0.25, 0.3) is 0 Å². The van der Waals surface area contributed by atoms with Crippen LogP contribution in [0.2, 0.25) is 0 Å². The van der Waals surface area contributed by atoms with E-state index in [-0.39, 0.29) is 6.10 Å². The number of nitrogens with zero attached hydrogens (tertiary/aromatic N) is 4. The van der Waals surface area contributed by atoms with Crippen molar-refractivity contribution in [1.29, 1.82) is 0 Å². The van der Waals surface area contributed by atoms with Crippen LogP contribution in [-0.2, 0) is 13.0 Å². The molecule has 0 aliphatic carbocycles. The summed E-state index contributed by atoms with van der Waals surface area (Å²) in [6.45, 7) is 3.71. The number of aliphatic hydroxyl groups excluding tert-OH is 1. The fourth-order valence-electron chi connectivity index (χ4n) is 1.43. The summed E-state index contributed by atoms with van der Waals surface area (Å²) in [6.07, 6.45) is 2.56. The molecule has 15 heavy (non-hydrogen) atoms. The number of aliphatic hydroxyl groups is 1. The normalized spacial score (nSPS) is 13.4. The van der Waals surface area contributed by atoms with Gasteiger partial charge in [-0.3, -0.25) is 4.68 Å². The Balaban J connectivity index is 2.40. The molecular weight excluding hydrogens is 192 g/mol. The van der Waals surface area contributed by atoms with E-state index < -0.39 is 0 Å². The molecule has 0 aliphatic rings. The average molecular weight is 212 g/mol. The van der Waals surface area contributed by atoms with Gasteiger partial charge in [-0.1, -0.05) is 0 Å². The van der Waals surface area contributed by atoms with Crippen molar-refractivity contribution in [2.45, 2.75) is 32.4 Å². The van der Waals surface area contributed by atoms with E-state index in [2.05, 4.69) is 15.0 Å². The van der Waals surface area contributed by atoms with E-state index in [0.717, 1.165) is 25.3 Å². The van der Waals surface area contributed by atoms with E-state index in [1.54, 1.807) is 0 Å². The van der Waals surface area contributed by atoms with Crippen molar-refractivity contribution in [2.24, 2.45) is 0 Å². The lowest BCUT2D eigenvalue weighted by Gasteiger charge is -2.14. The van der Waals surface area contributed by atoms with Crippen molar-refractivity contribution in [1.82, 2.24) is 19.7 Å². The van der Waals surface area contributed by atoms with Crippen molar-refractivity contribution < 1.29 is 5.11 Å². The molecule has 1 heterocycles. The Morgan fingerprint density at radius 3 is 2.87 bits per heavy atom. The van der Waals surface area contributed by atoms with Crippen molar-refractivity contribution in [2.75, 3.05) is 20.6 Å². The molecule has 0 bridgehead atoms. The van der Waals surface area contributed by atoms with Gasteiger partial charge in [-0.25, -0.2) is 4.98 Å². The lowest BCUT2D eigenvalue weighted by atomic mass is 10.2. The Hall–Kier alpha value is -0.940. The van der Waals surface area contributed by atoms with E-state index in [1.165, 1.54) is 6.33 Å². The SMILES string of the molecule is CCn1ncnc1CC(O)CCN(C)C. The third-order valence-corrected chi connectivity index (χ3v) is 2.32. The van der Waals surface area contributed by atoms with Crippen LogP contribution >= 0.6 is 0 Å². The van der Waals surface area contributed by atoms with Crippen LogP contribution in [0.25, 0.3) is 0 Å². The minimum Gasteiger partial charge on any atom is -0.393 e. The molecule has 0 fully saturated rings. The Bertz CT molecular complexity index is 285. The van der Waals surface area contributed by atoms with Crippen LogP contribution in [0.5, 0.6) is 0 Å². The largest absolute Gasteiger partial charge is 0.393 e. The summed E-state index contributed by atoms with van der Waals surface area (Å²) in [4.78, 5) is 6.20. The Morgan fingerprint density at radius 1 is 1.53 bits per heavy atom. The molecule has 0 aliphatic heterocycles. The highest BCUT2D eigenvalue weighted by molar-refractivity contribution is 4.87. The fraction of sp³-hybridized carbons (Fsp3) is 0.800. The van der Waals surface area contributed by atoms with E-state index in [0.29, 0.717) is 6.42 Å². The maximum absolute atomic E-state index is 9.78. The Kier molecular flexibility index (Phi) is 4.71. The first-order valence-corrected chi connectivity index (χ1v) is 5.33. The second kappa shape index (κ2) is 5.82. The number of rotatable bonds is 6. The van der Waals surface area contributed by atoms with Crippen LogP contribution in [0.1, 0.15) is 19.2 Å². The van der Waals surface area contributed by atoms with Crippen molar-refractivity contribution >= 4 is 0 Å². The van der Waals surface area contributed by atoms with E-state index >= 15 is 0 Å². The summed E-state index contributed by atoms with van der Waals surface area (Å²) in [6, 6.07) is 0.